The van der Waals surface area contributed by atoms with Crippen LogP contribution in [0.2, 0.25) is 0 Å². The van der Waals surface area contributed by atoms with Gasteiger partial charge in [-0.25, -0.2) is 4.79 Å². The molecule has 126 valence electrons. The van der Waals surface area contributed by atoms with Crippen molar-refractivity contribution in [2.75, 3.05) is 19.7 Å². The maximum Gasteiger partial charge on any atom is 0.314 e. The molecule has 0 saturated heterocycles. The number of fused-ring (bicyclic) bond motifs is 1. The van der Waals surface area contributed by atoms with E-state index < -0.39 is 0 Å². The van der Waals surface area contributed by atoms with E-state index in [2.05, 4.69) is 34.7 Å². The molecule has 0 unspecified atom stereocenters. The molecular formula is C18H27N3O2. The molecule has 4 N–H and O–H groups in total. The number of urea groups is 1. The quantitative estimate of drug-likeness (QED) is 0.634. The summed E-state index contributed by atoms with van der Waals surface area (Å²) in [7, 11) is 0. The summed E-state index contributed by atoms with van der Waals surface area (Å²) < 4.78 is 0. The van der Waals surface area contributed by atoms with Crippen LogP contribution >= 0.6 is 0 Å². The van der Waals surface area contributed by atoms with Gasteiger partial charge in [-0.1, -0.05) is 26.0 Å². The molecule has 0 spiro atoms. The monoisotopic (exact) mass is 317 g/mol. The number of aromatic nitrogens is 1. The van der Waals surface area contributed by atoms with E-state index in [1.807, 2.05) is 26.1 Å². The third-order valence-corrected chi connectivity index (χ3v) is 4.19. The van der Waals surface area contributed by atoms with Crippen LogP contribution in [0.5, 0.6) is 0 Å². The molecule has 23 heavy (non-hydrogen) atoms. The molecule has 2 aromatic rings. The number of rotatable bonds is 7. The van der Waals surface area contributed by atoms with Crippen LogP contribution in [0.25, 0.3) is 10.9 Å². The fourth-order valence-corrected chi connectivity index (χ4v) is 2.73. The highest BCUT2D eigenvalue weighted by Gasteiger charge is 2.17. The second-order valence-corrected chi connectivity index (χ2v) is 6.81. The van der Waals surface area contributed by atoms with Gasteiger partial charge in [0.25, 0.3) is 0 Å². The largest absolute Gasteiger partial charge is 0.396 e. The molecule has 0 atom stereocenters. The first-order chi connectivity index (χ1) is 10.9. The molecule has 0 aliphatic heterocycles. The molecule has 1 heterocycles. The number of aromatic amines is 1. The Morgan fingerprint density at radius 1 is 1.30 bits per heavy atom. The molecule has 5 nitrogen and oxygen atoms in total. The second kappa shape index (κ2) is 7.51. The highest BCUT2D eigenvalue weighted by atomic mass is 16.3. The van der Waals surface area contributed by atoms with Gasteiger partial charge >= 0.3 is 6.03 Å². The van der Waals surface area contributed by atoms with Crippen LogP contribution in [0.1, 0.15) is 31.4 Å². The summed E-state index contributed by atoms with van der Waals surface area (Å²) in [6, 6.07) is 6.04. The predicted octanol–water partition coefficient (Wildman–Crippen LogP) is 2.73. The SMILES string of the molecule is Cc1cccc2[nH]cc(CCNC(=O)NCC(C)(C)CCO)c12. The topological polar surface area (TPSA) is 77.2 Å². The molecular weight excluding hydrogens is 290 g/mol. The van der Waals surface area contributed by atoms with Crippen molar-refractivity contribution in [1.29, 1.82) is 0 Å². The summed E-state index contributed by atoms with van der Waals surface area (Å²) >= 11 is 0. The standard InChI is InChI=1S/C18H27N3O2/c1-13-5-4-6-15-16(13)14(11-20-15)7-9-19-17(23)21-12-18(2,3)8-10-22/h4-6,11,20,22H,7-10,12H2,1-3H3,(H2,19,21,23). The van der Waals surface area contributed by atoms with E-state index >= 15 is 0 Å². The molecule has 2 amide bonds. The van der Waals surface area contributed by atoms with Gasteiger partial charge in [0.1, 0.15) is 0 Å². The molecule has 1 aromatic heterocycles. The summed E-state index contributed by atoms with van der Waals surface area (Å²) in [5.74, 6) is 0. The minimum atomic E-state index is -0.160. The fourth-order valence-electron chi connectivity index (χ4n) is 2.73. The van der Waals surface area contributed by atoms with Crippen molar-refractivity contribution in [3.05, 3.63) is 35.5 Å². The second-order valence-electron chi connectivity index (χ2n) is 6.81. The molecule has 0 bridgehead atoms. The molecule has 0 saturated carbocycles. The van der Waals surface area contributed by atoms with E-state index in [0.29, 0.717) is 19.5 Å². The highest BCUT2D eigenvalue weighted by Crippen LogP contribution is 2.22. The number of H-pyrrole nitrogens is 1. The molecule has 1 aromatic carbocycles. The summed E-state index contributed by atoms with van der Waals surface area (Å²) in [4.78, 5) is 15.1. The van der Waals surface area contributed by atoms with E-state index in [9.17, 15) is 4.79 Å². The normalized spacial score (nSPS) is 11.7. The highest BCUT2D eigenvalue weighted by molar-refractivity contribution is 5.86. The van der Waals surface area contributed by atoms with Crippen LogP contribution in [-0.2, 0) is 6.42 Å². The first kappa shape index (κ1) is 17.3. The van der Waals surface area contributed by atoms with Crippen molar-refractivity contribution in [3.8, 4) is 0 Å². The molecule has 0 aliphatic carbocycles. The van der Waals surface area contributed by atoms with Gasteiger partial charge in [-0.3, -0.25) is 0 Å². The Balaban J connectivity index is 1.81. The Morgan fingerprint density at radius 3 is 2.83 bits per heavy atom. The number of nitrogens with one attached hydrogen (secondary N) is 3. The number of aliphatic hydroxyl groups excluding tert-OH is 1. The Morgan fingerprint density at radius 2 is 2.09 bits per heavy atom. The number of hydrogen-bond donors (Lipinski definition) is 4. The third-order valence-electron chi connectivity index (χ3n) is 4.19. The smallest absolute Gasteiger partial charge is 0.314 e. The molecule has 0 fully saturated rings. The van der Waals surface area contributed by atoms with Gasteiger partial charge in [-0.2, -0.15) is 0 Å². The van der Waals surface area contributed by atoms with Gasteiger partial charge in [0.15, 0.2) is 0 Å². The first-order valence-electron chi connectivity index (χ1n) is 8.11. The van der Waals surface area contributed by atoms with E-state index in [0.717, 1.165) is 11.9 Å². The lowest BCUT2D eigenvalue weighted by Crippen LogP contribution is -2.41. The van der Waals surface area contributed by atoms with E-state index in [4.69, 9.17) is 5.11 Å². The molecule has 0 radical (unpaired) electrons. The average Bonchev–Trinajstić information content (AvgIpc) is 2.90. The molecule has 5 heteroatoms. The summed E-state index contributed by atoms with van der Waals surface area (Å²) in [6.07, 6.45) is 3.47. The number of amides is 2. The first-order valence-corrected chi connectivity index (χ1v) is 8.11. The Labute approximate surface area is 137 Å². The van der Waals surface area contributed by atoms with Crippen molar-refractivity contribution in [2.24, 2.45) is 5.41 Å². The number of carbonyl (C=O) groups excluding carboxylic acids is 1. The van der Waals surface area contributed by atoms with Crippen molar-refractivity contribution < 1.29 is 9.90 Å². The van der Waals surface area contributed by atoms with Crippen molar-refractivity contribution in [3.63, 3.8) is 0 Å². The lowest BCUT2D eigenvalue weighted by molar-refractivity contribution is 0.201. The van der Waals surface area contributed by atoms with E-state index in [-0.39, 0.29) is 18.1 Å². The minimum absolute atomic E-state index is 0.0972. The molecule has 2 rings (SSSR count). The van der Waals surface area contributed by atoms with E-state index in [1.54, 1.807) is 0 Å². The van der Waals surface area contributed by atoms with Gasteiger partial charge in [-0.15, -0.1) is 0 Å². The summed E-state index contributed by atoms with van der Waals surface area (Å²) in [5.41, 5.74) is 3.50. The van der Waals surface area contributed by atoms with Gasteiger partial charge < -0.3 is 20.7 Å². The van der Waals surface area contributed by atoms with Crippen molar-refractivity contribution >= 4 is 16.9 Å². The summed E-state index contributed by atoms with van der Waals surface area (Å²) in [6.45, 7) is 7.43. The molecule has 0 aliphatic rings. The number of carbonyl (C=O) groups is 1. The van der Waals surface area contributed by atoms with Gasteiger partial charge in [-0.05, 0) is 42.4 Å². The number of aryl methyl sites for hydroxylation is 1. The number of benzene rings is 1. The van der Waals surface area contributed by atoms with Gasteiger partial charge in [0.05, 0.1) is 0 Å². The van der Waals surface area contributed by atoms with Crippen molar-refractivity contribution in [1.82, 2.24) is 15.6 Å². The minimum Gasteiger partial charge on any atom is -0.396 e. The lowest BCUT2D eigenvalue weighted by atomic mass is 9.90. The van der Waals surface area contributed by atoms with Crippen LogP contribution in [0.3, 0.4) is 0 Å². The van der Waals surface area contributed by atoms with Gasteiger partial charge in [0, 0.05) is 36.8 Å². The Hall–Kier alpha value is -2.01. The maximum absolute atomic E-state index is 11.9. The maximum atomic E-state index is 11.9. The van der Waals surface area contributed by atoms with Crippen LogP contribution in [0.15, 0.2) is 24.4 Å². The summed E-state index contributed by atoms with van der Waals surface area (Å²) in [5, 5.41) is 16.0. The third kappa shape index (κ3) is 4.73. The zero-order chi connectivity index (χ0) is 16.9. The van der Waals surface area contributed by atoms with Crippen LogP contribution in [0.4, 0.5) is 4.79 Å². The van der Waals surface area contributed by atoms with Crippen LogP contribution in [-0.4, -0.2) is 35.8 Å². The van der Waals surface area contributed by atoms with Gasteiger partial charge in [0.2, 0.25) is 0 Å². The predicted molar refractivity (Wildman–Crippen MR) is 93.6 cm³/mol. The van der Waals surface area contributed by atoms with Crippen LogP contribution < -0.4 is 10.6 Å². The Kier molecular flexibility index (Phi) is 5.66. The zero-order valence-electron chi connectivity index (χ0n) is 14.2. The number of aliphatic hydroxyl groups is 1. The fraction of sp³-hybridized carbons (Fsp3) is 0.500. The zero-order valence-corrected chi connectivity index (χ0v) is 14.2. The van der Waals surface area contributed by atoms with Crippen molar-refractivity contribution in [2.45, 2.75) is 33.6 Å². The Bertz CT molecular complexity index is 661. The van der Waals surface area contributed by atoms with E-state index in [1.165, 1.54) is 16.5 Å². The number of hydrogen-bond acceptors (Lipinski definition) is 2. The van der Waals surface area contributed by atoms with Crippen LogP contribution in [0, 0.1) is 12.3 Å². The average molecular weight is 317 g/mol. The lowest BCUT2D eigenvalue weighted by Gasteiger charge is -2.23.